The fraction of sp³-hybridized carbons (Fsp3) is 0.611. The zero-order valence-corrected chi connectivity index (χ0v) is 15.8. The average Bonchev–Trinajstić information content (AvgIpc) is 2.52. The van der Waals surface area contributed by atoms with Gasteiger partial charge in [-0.15, -0.1) is 12.4 Å². The molecule has 2 atom stereocenters. The number of carbonyl (C=O) groups excluding carboxylic acids is 1. The Morgan fingerprint density at radius 3 is 2.76 bits per heavy atom. The maximum atomic E-state index is 13.7. The molecule has 0 bridgehead atoms. The Kier molecular flexibility index (Phi) is 8.62. The first-order valence-corrected chi connectivity index (χ1v) is 8.34. The zero-order chi connectivity index (χ0) is 17.6. The van der Waals surface area contributed by atoms with E-state index < -0.39 is 5.82 Å². The van der Waals surface area contributed by atoms with Gasteiger partial charge in [-0.1, -0.05) is 32.9 Å². The summed E-state index contributed by atoms with van der Waals surface area (Å²) in [4.78, 5) is 12.3. The number of hydrogen-bond donors (Lipinski definition) is 2. The number of halogens is 2. The van der Waals surface area contributed by atoms with E-state index in [0.29, 0.717) is 19.6 Å². The summed E-state index contributed by atoms with van der Waals surface area (Å²) in [6.07, 6.45) is 0.353. The lowest BCUT2D eigenvalue weighted by Crippen LogP contribution is -2.50. The molecule has 1 aliphatic heterocycles. The Balaban J connectivity index is 0.00000312. The van der Waals surface area contributed by atoms with E-state index in [0.717, 1.165) is 6.54 Å². The fourth-order valence-electron chi connectivity index (χ4n) is 2.47. The molecule has 1 aromatic carbocycles. The Bertz CT molecular complexity index is 545. The van der Waals surface area contributed by atoms with Gasteiger partial charge in [0.2, 0.25) is 5.91 Å². The average molecular weight is 375 g/mol. The first kappa shape index (κ1) is 21.7. The number of amides is 1. The predicted octanol–water partition coefficient (Wildman–Crippen LogP) is 2.54. The number of rotatable bonds is 6. The molecule has 5 nitrogen and oxygen atoms in total. The SMILES string of the molecule is CC(C)(C)C(COc1ccccc1F)NC(=O)CC1COCCN1.Cl. The van der Waals surface area contributed by atoms with Crippen LogP contribution in [-0.2, 0) is 9.53 Å². The van der Waals surface area contributed by atoms with E-state index in [1.807, 2.05) is 20.8 Å². The number of benzene rings is 1. The molecule has 1 saturated heterocycles. The van der Waals surface area contributed by atoms with E-state index in [-0.39, 0.29) is 48.2 Å². The lowest BCUT2D eigenvalue weighted by molar-refractivity contribution is -0.124. The van der Waals surface area contributed by atoms with E-state index in [9.17, 15) is 9.18 Å². The summed E-state index contributed by atoms with van der Waals surface area (Å²) >= 11 is 0. The molecule has 1 aromatic rings. The van der Waals surface area contributed by atoms with Gasteiger partial charge in [-0.25, -0.2) is 4.39 Å². The smallest absolute Gasteiger partial charge is 0.222 e. The molecule has 1 heterocycles. The van der Waals surface area contributed by atoms with Crippen molar-refractivity contribution in [3.05, 3.63) is 30.1 Å². The van der Waals surface area contributed by atoms with Crippen LogP contribution in [0.15, 0.2) is 24.3 Å². The second kappa shape index (κ2) is 9.94. The summed E-state index contributed by atoms with van der Waals surface area (Å²) in [7, 11) is 0. The van der Waals surface area contributed by atoms with Crippen LogP contribution >= 0.6 is 12.4 Å². The number of morpholine rings is 1. The largest absolute Gasteiger partial charge is 0.488 e. The summed E-state index contributed by atoms with van der Waals surface area (Å²) in [5.74, 6) is -0.265. The van der Waals surface area contributed by atoms with Gasteiger partial charge in [-0.05, 0) is 17.5 Å². The molecule has 1 amide bonds. The van der Waals surface area contributed by atoms with Gasteiger partial charge in [-0.3, -0.25) is 4.79 Å². The lowest BCUT2D eigenvalue weighted by atomic mass is 9.87. The Morgan fingerprint density at radius 1 is 1.44 bits per heavy atom. The molecule has 7 heteroatoms. The highest BCUT2D eigenvalue weighted by Gasteiger charge is 2.28. The van der Waals surface area contributed by atoms with Gasteiger partial charge < -0.3 is 20.1 Å². The maximum absolute atomic E-state index is 13.7. The molecule has 0 spiro atoms. The fourth-order valence-corrected chi connectivity index (χ4v) is 2.47. The molecule has 2 rings (SSSR count). The van der Waals surface area contributed by atoms with Gasteiger partial charge in [0.1, 0.15) is 6.61 Å². The quantitative estimate of drug-likeness (QED) is 0.803. The Hall–Kier alpha value is -1.37. The zero-order valence-electron chi connectivity index (χ0n) is 15.0. The molecule has 1 fully saturated rings. The number of para-hydroxylation sites is 1. The monoisotopic (exact) mass is 374 g/mol. The third-order valence-electron chi connectivity index (χ3n) is 4.05. The molecule has 25 heavy (non-hydrogen) atoms. The van der Waals surface area contributed by atoms with Crippen molar-refractivity contribution in [2.45, 2.75) is 39.3 Å². The van der Waals surface area contributed by atoms with Gasteiger partial charge in [0.15, 0.2) is 11.6 Å². The van der Waals surface area contributed by atoms with Crippen LogP contribution in [-0.4, -0.2) is 44.4 Å². The first-order chi connectivity index (χ1) is 11.4. The second-order valence-electron chi connectivity index (χ2n) is 7.16. The lowest BCUT2D eigenvalue weighted by Gasteiger charge is -2.32. The van der Waals surface area contributed by atoms with Crippen molar-refractivity contribution < 1.29 is 18.7 Å². The van der Waals surface area contributed by atoms with Crippen molar-refractivity contribution in [1.29, 1.82) is 0 Å². The molecule has 0 saturated carbocycles. The highest BCUT2D eigenvalue weighted by Crippen LogP contribution is 2.22. The van der Waals surface area contributed by atoms with Gasteiger partial charge >= 0.3 is 0 Å². The summed E-state index contributed by atoms with van der Waals surface area (Å²) in [5.41, 5.74) is -0.211. The molecule has 142 valence electrons. The summed E-state index contributed by atoms with van der Waals surface area (Å²) in [5, 5.41) is 6.27. The minimum absolute atomic E-state index is 0. The van der Waals surface area contributed by atoms with Crippen molar-refractivity contribution in [3.8, 4) is 5.75 Å². The maximum Gasteiger partial charge on any atom is 0.222 e. The predicted molar refractivity (Wildman–Crippen MR) is 97.8 cm³/mol. The van der Waals surface area contributed by atoms with E-state index >= 15 is 0 Å². The van der Waals surface area contributed by atoms with Gasteiger partial charge in [0.25, 0.3) is 0 Å². The molecule has 0 radical (unpaired) electrons. The molecule has 0 aromatic heterocycles. The first-order valence-electron chi connectivity index (χ1n) is 8.34. The molecule has 1 aliphatic rings. The van der Waals surface area contributed by atoms with Gasteiger partial charge in [0, 0.05) is 19.0 Å². The van der Waals surface area contributed by atoms with Crippen molar-refractivity contribution in [2.24, 2.45) is 5.41 Å². The number of carbonyl (C=O) groups is 1. The third-order valence-corrected chi connectivity index (χ3v) is 4.05. The van der Waals surface area contributed by atoms with Gasteiger partial charge in [0.05, 0.1) is 19.3 Å². The van der Waals surface area contributed by atoms with Crippen LogP contribution in [0.25, 0.3) is 0 Å². The minimum Gasteiger partial charge on any atom is -0.488 e. The van der Waals surface area contributed by atoms with E-state index in [1.54, 1.807) is 18.2 Å². The highest BCUT2D eigenvalue weighted by molar-refractivity contribution is 5.85. The number of ether oxygens (including phenoxy) is 2. The van der Waals surface area contributed by atoms with Crippen LogP contribution in [0.3, 0.4) is 0 Å². The molecule has 0 aliphatic carbocycles. The second-order valence-corrected chi connectivity index (χ2v) is 7.16. The van der Waals surface area contributed by atoms with Crippen LogP contribution in [0.4, 0.5) is 4.39 Å². The van der Waals surface area contributed by atoms with E-state index in [2.05, 4.69) is 10.6 Å². The topological polar surface area (TPSA) is 59.6 Å². The number of nitrogens with one attached hydrogen (secondary N) is 2. The van der Waals surface area contributed by atoms with E-state index in [4.69, 9.17) is 9.47 Å². The molecule has 2 unspecified atom stereocenters. The molecule has 2 N–H and O–H groups in total. The summed E-state index contributed by atoms with van der Waals surface area (Å²) in [6, 6.07) is 6.08. The Labute approximate surface area is 155 Å². The van der Waals surface area contributed by atoms with Crippen LogP contribution in [0.1, 0.15) is 27.2 Å². The third kappa shape index (κ3) is 7.18. The number of hydrogen-bond acceptors (Lipinski definition) is 4. The summed E-state index contributed by atoms with van der Waals surface area (Å²) < 4.78 is 24.6. The van der Waals surface area contributed by atoms with Crippen LogP contribution < -0.4 is 15.4 Å². The van der Waals surface area contributed by atoms with Gasteiger partial charge in [-0.2, -0.15) is 0 Å². The van der Waals surface area contributed by atoms with Crippen molar-refractivity contribution in [1.82, 2.24) is 10.6 Å². The van der Waals surface area contributed by atoms with Crippen LogP contribution in [0.2, 0.25) is 0 Å². The minimum atomic E-state index is -0.403. The standard InChI is InChI=1S/C18H27FN2O3.ClH/c1-18(2,3)16(12-24-15-7-5-4-6-14(15)19)21-17(22)10-13-11-23-9-8-20-13;/h4-7,13,16,20H,8-12H2,1-3H3,(H,21,22);1H. The van der Waals surface area contributed by atoms with Crippen molar-refractivity contribution in [3.63, 3.8) is 0 Å². The van der Waals surface area contributed by atoms with E-state index in [1.165, 1.54) is 6.07 Å². The van der Waals surface area contributed by atoms with Crippen LogP contribution in [0, 0.1) is 11.2 Å². The van der Waals surface area contributed by atoms with Crippen LogP contribution in [0.5, 0.6) is 5.75 Å². The molecular formula is C18H28ClFN2O3. The summed E-state index contributed by atoms with van der Waals surface area (Å²) in [6.45, 7) is 8.25. The molecular weight excluding hydrogens is 347 g/mol. The normalized spacial score (nSPS) is 18.8. The van der Waals surface area contributed by atoms with Crippen molar-refractivity contribution in [2.75, 3.05) is 26.4 Å². The Morgan fingerprint density at radius 2 is 2.16 bits per heavy atom. The highest BCUT2D eigenvalue weighted by atomic mass is 35.5. The van der Waals surface area contributed by atoms with Crippen molar-refractivity contribution >= 4 is 18.3 Å².